The summed E-state index contributed by atoms with van der Waals surface area (Å²) < 4.78 is 5.21. The molecule has 0 bridgehead atoms. The Bertz CT molecular complexity index is 381. The molecule has 1 N–H and O–H groups in total. The van der Waals surface area contributed by atoms with Gasteiger partial charge in [-0.3, -0.25) is 0 Å². The molecule has 16 heavy (non-hydrogen) atoms. The zero-order valence-corrected chi connectivity index (χ0v) is 10.2. The van der Waals surface area contributed by atoms with Crippen LogP contribution in [0.25, 0.3) is 0 Å². The van der Waals surface area contributed by atoms with E-state index in [1.807, 2.05) is 6.92 Å². The van der Waals surface area contributed by atoms with Crippen LogP contribution in [0.3, 0.4) is 0 Å². The molecule has 0 atom stereocenters. The molecule has 0 unspecified atom stereocenters. The van der Waals surface area contributed by atoms with Crippen molar-refractivity contribution in [1.29, 1.82) is 0 Å². The first-order valence-electron chi connectivity index (χ1n) is 5.44. The number of halogens is 1. The van der Waals surface area contributed by atoms with Crippen molar-refractivity contribution in [1.82, 2.24) is 15.0 Å². The molecule has 0 aromatic carbocycles. The van der Waals surface area contributed by atoms with Crippen molar-refractivity contribution in [2.24, 2.45) is 0 Å². The minimum absolute atomic E-state index is 0.0914. The van der Waals surface area contributed by atoms with Gasteiger partial charge in [0.15, 0.2) is 0 Å². The van der Waals surface area contributed by atoms with E-state index in [4.69, 9.17) is 16.3 Å². The molecule has 5 nitrogen and oxygen atoms in total. The highest BCUT2D eigenvalue weighted by atomic mass is 35.5. The van der Waals surface area contributed by atoms with Gasteiger partial charge in [0, 0.05) is 5.54 Å². The van der Waals surface area contributed by atoms with E-state index in [2.05, 4.69) is 27.2 Å². The van der Waals surface area contributed by atoms with Gasteiger partial charge in [-0.25, -0.2) is 0 Å². The molecule has 88 valence electrons. The lowest BCUT2D eigenvalue weighted by Gasteiger charge is -2.39. The fraction of sp³-hybridized carbons (Fsp3) is 0.700. The maximum atomic E-state index is 5.79. The number of nitrogens with one attached hydrogen (secondary N) is 1. The summed E-state index contributed by atoms with van der Waals surface area (Å²) >= 11 is 5.79. The van der Waals surface area contributed by atoms with Crippen LogP contribution in [0.1, 0.15) is 33.1 Å². The van der Waals surface area contributed by atoms with Crippen LogP contribution in [-0.2, 0) is 0 Å². The molecular formula is C10H15ClN4O. The lowest BCUT2D eigenvalue weighted by molar-refractivity contribution is 0.298. The Morgan fingerprint density at radius 1 is 1.38 bits per heavy atom. The van der Waals surface area contributed by atoms with Crippen LogP contribution in [0.5, 0.6) is 6.01 Å². The van der Waals surface area contributed by atoms with E-state index in [0.29, 0.717) is 12.6 Å². The van der Waals surface area contributed by atoms with Gasteiger partial charge in [-0.2, -0.15) is 15.0 Å². The van der Waals surface area contributed by atoms with Gasteiger partial charge in [-0.05, 0) is 44.7 Å². The van der Waals surface area contributed by atoms with Crippen LogP contribution < -0.4 is 10.1 Å². The minimum Gasteiger partial charge on any atom is -0.464 e. The topological polar surface area (TPSA) is 59.9 Å². The highest BCUT2D eigenvalue weighted by molar-refractivity contribution is 6.28. The zero-order chi connectivity index (χ0) is 11.6. The van der Waals surface area contributed by atoms with Crippen molar-refractivity contribution in [2.45, 2.75) is 38.6 Å². The van der Waals surface area contributed by atoms with Crippen LogP contribution in [0.2, 0.25) is 5.28 Å². The Kier molecular flexibility index (Phi) is 3.14. The molecule has 1 heterocycles. The molecule has 1 aromatic heterocycles. The molecule has 0 saturated heterocycles. The molecular weight excluding hydrogens is 228 g/mol. The zero-order valence-electron chi connectivity index (χ0n) is 9.46. The number of hydrogen-bond acceptors (Lipinski definition) is 5. The molecule has 1 aliphatic carbocycles. The van der Waals surface area contributed by atoms with E-state index < -0.39 is 0 Å². The van der Waals surface area contributed by atoms with Crippen molar-refractivity contribution in [3.8, 4) is 6.01 Å². The van der Waals surface area contributed by atoms with Gasteiger partial charge in [0.1, 0.15) is 0 Å². The predicted octanol–water partition coefficient (Wildman–Crippen LogP) is 2.28. The van der Waals surface area contributed by atoms with E-state index in [9.17, 15) is 0 Å². The Labute approximate surface area is 99.6 Å². The number of hydrogen-bond donors (Lipinski definition) is 1. The Hall–Kier alpha value is -1.10. The number of ether oxygens (including phenoxy) is 1. The van der Waals surface area contributed by atoms with Crippen molar-refractivity contribution >= 4 is 17.5 Å². The van der Waals surface area contributed by atoms with Crippen molar-refractivity contribution < 1.29 is 4.74 Å². The maximum absolute atomic E-state index is 5.79. The van der Waals surface area contributed by atoms with E-state index in [-0.39, 0.29) is 16.8 Å². The summed E-state index contributed by atoms with van der Waals surface area (Å²) in [4.78, 5) is 12.1. The average Bonchev–Trinajstić information content (AvgIpc) is 2.14. The van der Waals surface area contributed by atoms with E-state index in [0.717, 1.165) is 12.8 Å². The van der Waals surface area contributed by atoms with Gasteiger partial charge in [0.05, 0.1) is 6.61 Å². The number of anilines is 1. The summed E-state index contributed by atoms with van der Waals surface area (Å²) in [5.41, 5.74) is 0.0914. The van der Waals surface area contributed by atoms with Crippen molar-refractivity contribution in [2.75, 3.05) is 11.9 Å². The lowest BCUT2D eigenvalue weighted by atomic mass is 9.79. The monoisotopic (exact) mass is 242 g/mol. The summed E-state index contributed by atoms with van der Waals surface area (Å²) in [6, 6.07) is 0.271. The van der Waals surface area contributed by atoms with E-state index >= 15 is 0 Å². The highest BCUT2D eigenvalue weighted by Crippen LogP contribution is 2.34. The standard InChI is InChI=1S/C10H15ClN4O/c1-3-16-9-13-7(11)12-8(14-9)15-10(2)5-4-6-10/h3-6H2,1-2H3,(H,12,13,14,15). The second-order valence-electron chi connectivity index (χ2n) is 4.18. The van der Waals surface area contributed by atoms with Crippen LogP contribution in [-0.4, -0.2) is 27.1 Å². The third-order valence-electron chi connectivity index (χ3n) is 2.73. The lowest BCUT2D eigenvalue weighted by Crippen LogP contribution is -2.42. The first-order chi connectivity index (χ1) is 7.61. The first kappa shape index (κ1) is 11.4. The van der Waals surface area contributed by atoms with Crippen LogP contribution in [0.15, 0.2) is 0 Å². The molecule has 1 fully saturated rings. The van der Waals surface area contributed by atoms with Crippen molar-refractivity contribution in [3.05, 3.63) is 5.28 Å². The largest absolute Gasteiger partial charge is 0.464 e. The molecule has 1 aromatic rings. The second kappa shape index (κ2) is 4.41. The third kappa shape index (κ3) is 2.52. The Balaban J connectivity index is 2.13. The Morgan fingerprint density at radius 3 is 2.69 bits per heavy atom. The minimum atomic E-state index is 0.0914. The van der Waals surface area contributed by atoms with Gasteiger partial charge < -0.3 is 10.1 Å². The molecule has 2 rings (SSSR count). The number of nitrogens with zero attached hydrogens (tertiary/aromatic N) is 3. The van der Waals surface area contributed by atoms with Gasteiger partial charge in [-0.1, -0.05) is 0 Å². The SMILES string of the molecule is CCOc1nc(Cl)nc(NC2(C)CCC2)n1. The average molecular weight is 243 g/mol. The molecule has 0 aliphatic heterocycles. The highest BCUT2D eigenvalue weighted by Gasteiger charge is 2.32. The number of rotatable bonds is 4. The van der Waals surface area contributed by atoms with Gasteiger partial charge in [0.25, 0.3) is 0 Å². The Morgan fingerprint density at radius 2 is 2.12 bits per heavy atom. The third-order valence-corrected chi connectivity index (χ3v) is 2.90. The maximum Gasteiger partial charge on any atom is 0.322 e. The normalized spacial score (nSPS) is 17.7. The van der Waals surface area contributed by atoms with E-state index in [1.54, 1.807) is 0 Å². The molecule has 6 heteroatoms. The van der Waals surface area contributed by atoms with Crippen molar-refractivity contribution in [3.63, 3.8) is 0 Å². The van der Waals surface area contributed by atoms with Crippen LogP contribution >= 0.6 is 11.6 Å². The fourth-order valence-electron chi connectivity index (χ4n) is 1.68. The fourth-order valence-corrected chi connectivity index (χ4v) is 1.84. The van der Waals surface area contributed by atoms with Crippen LogP contribution in [0, 0.1) is 0 Å². The summed E-state index contributed by atoms with van der Waals surface area (Å²) in [6.07, 6.45) is 3.49. The van der Waals surface area contributed by atoms with Gasteiger partial charge >= 0.3 is 6.01 Å². The van der Waals surface area contributed by atoms with E-state index in [1.165, 1.54) is 6.42 Å². The summed E-state index contributed by atoms with van der Waals surface area (Å²) in [6.45, 7) is 4.53. The summed E-state index contributed by atoms with van der Waals surface area (Å²) in [7, 11) is 0. The first-order valence-corrected chi connectivity index (χ1v) is 5.82. The van der Waals surface area contributed by atoms with Crippen LogP contribution in [0.4, 0.5) is 5.95 Å². The summed E-state index contributed by atoms with van der Waals surface area (Å²) in [5.74, 6) is 0.491. The predicted molar refractivity (Wildman–Crippen MR) is 61.9 cm³/mol. The molecule has 1 aliphatic rings. The molecule has 1 saturated carbocycles. The second-order valence-corrected chi connectivity index (χ2v) is 4.52. The molecule has 0 amide bonds. The molecule has 0 spiro atoms. The molecule has 0 radical (unpaired) electrons. The smallest absolute Gasteiger partial charge is 0.322 e. The summed E-state index contributed by atoms with van der Waals surface area (Å²) in [5, 5.41) is 3.42. The number of aromatic nitrogens is 3. The van der Waals surface area contributed by atoms with Gasteiger partial charge in [0.2, 0.25) is 11.2 Å². The quantitative estimate of drug-likeness (QED) is 0.878. The van der Waals surface area contributed by atoms with Gasteiger partial charge in [-0.15, -0.1) is 0 Å².